The van der Waals surface area contributed by atoms with Crippen LogP contribution in [0.4, 0.5) is 0 Å². The first kappa shape index (κ1) is 88.3. The Labute approximate surface area is 661 Å². The van der Waals surface area contributed by atoms with Crippen molar-refractivity contribution >= 4 is 5.91 Å². The Morgan fingerprint density at radius 2 is 0.523 bits per heavy atom. The topological polar surface area (TPSA) is 106 Å². The van der Waals surface area contributed by atoms with Gasteiger partial charge in [-0.2, -0.15) is 0 Å². The van der Waals surface area contributed by atoms with Crippen molar-refractivity contribution in [2.24, 2.45) is 0 Å². The molecule has 596 valence electrons. The van der Waals surface area contributed by atoms with E-state index in [1.807, 2.05) is 30.3 Å². The second kappa shape index (κ2) is 57.7. The molecule has 1 fully saturated rings. The molecule has 0 radical (unpaired) electrons. The molecule has 8 rings (SSSR count). The number of amides is 1. The lowest BCUT2D eigenvalue weighted by Gasteiger charge is -2.50. The van der Waals surface area contributed by atoms with E-state index in [1.54, 1.807) is 0 Å². The monoisotopic (exact) mass is 1490 g/mol. The van der Waals surface area contributed by atoms with Gasteiger partial charge in [0, 0.05) is 13.0 Å². The number of carbonyl (C=O) groups excluding carboxylic acids is 1. The molecule has 1 saturated carbocycles. The molecule has 1 amide bonds. The minimum atomic E-state index is -0.702. The molecule has 7 aromatic rings. The zero-order valence-electron chi connectivity index (χ0n) is 67.5. The number of ether oxygens (including phenoxy) is 7. The van der Waals surface area contributed by atoms with Crippen LogP contribution in [0.15, 0.2) is 212 Å². The Balaban J connectivity index is 1.06. The van der Waals surface area contributed by atoms with Crippen LogP contribution in [0, 0.1) is 0 Å². The first-order chi connectivity index (χ1) is 54.0. The molecular weight excluding hydrogens is 1350 g/mol. The molecule has 0 aliphatic heterocycles. The van der Waals surface area contributed by atoms with E-state index >= 15 is 4.79 Å². The number of rotatable bonds is 64. The molecular formula is C99H142N2O8. The third-order valence-electron chi connectivity index (χ3n) is 22.1. The van der Waals surface area contributed by atoms with Crippen molar-refractivity contribution in [2.75, 3.05) is 6.54 Å². The minimum Gasteiger partial charge on any atom is -0.371 e. The maximum Gasteiger partial charge on any atom is 0.220 e. The fourth-order valence-corrected chi connectivity index (χ4v) is 15.6. The van der Waals surface area contributed by atoms with Gasteiger partial charge in [0.2, 0.25) is 5.91 Å². The maximum absolute atomic E-state index is 15.3. The molecule has 10 nitrogen and oxygen atoms in total. The van der Waals surface area contributed by atoms with Crippen LogP contribution in [-0.2, 0) is 84.2 Å². The Kier molecular flexibility index (Phi) is 46.7. The van der Waals surface area contributed by atoms with E-state index < -0.39 is 48.7 Å². The second-order valence-electron chi connectivity index (χ2n) is 31.2. The lowest BCUT2D eigenvalue weighted by atomic mass is 9.81. The molecule has 7 aromatic carbocycles. The van der Waals surface area contributed by atoms with Crippen molar-refractivity contribution in [2.45, 2.75) is 352 Å². The standard InChI is InChI=1S/C99H142N2O8/c1-3-5-7-9-11-13-15-17-18-19-20-21-22-23-24-25-26-27-29-31-33-35-58-74-92(102)101-90(94(104-77-84-61-45-37-46-62-84)91(103-76-83-59-43-36-44-60-83)73-57-34-32-30-28-16-14-12-10-8-6-4-2)75-100-93-95(105-78-85-63-47-38-48-64-85)97(107-80-87-67-51-40-52-68-87)99(109-82-89-71-55-42-56-72-89)98(108-81-88-69-53-41-54-70-88)96(93)106-79-86-65-49-39-50-66-86/h36-56,59-72,90-91,93-100H,3-35,57-58,73-82H2,1-2H3,(H,101,102)/t90-,91+,93?,94-,95-,96-,97-,98+,99?/m0/s1. The van der Waals surface area contributed by atoms with Crippen LogP contribution in [0.25, 0.3) is 0 Å². The molecule has 0 bridgehead atoms. The SMILES string of the molecule is CCCCCCCCCCCCCCCCCCCCCCCCCC(=O)N[C@@H](CNC1[C@H](OCc2ccccc2)[C@H](OCc2ccccc2)C(OCc2ccccc2)[C@H](OCc2ccccc2)[C@H]1OCc1ccccc1)[C@H](OCc1ccccc1)[C@@H](CCCCCCCCCCCCCC)OCc1ccccc1. The van der Waals surface area contributed by atoms with E-state index in [9.17, 15) is 0 Å². The van der Waals surface area contributed by atoms with E-state index in [0.717, 1.165) is 77.5 Å². The third kappa shape index (κ3) is 37.3. The van der Waals surface area contributed by atoms with Gasteiger partial charge in [0.1, 0.15) is 36.6 Å². The summed E-state index contributed by atoms with van der Waals surface area (Å²) in [4.78, 5) is 15.3. The summed E-state index contributed by atoms with van der Waals surface area (Å²) in [5.41, 5.74) is 7.27. The average molecular weight is 1490 g/mol. The van der Waals surface area contributed by atoms with Gasteiger partial charge < -0.3 is 43.8 Å². The van der Waals surface area contributed by atoms with Gasteiger partial charge in [0.05, 0.1) is 64.4 Å². The largest absolute Gasteiger partial charge is 0.371 e. The van der Waals surface area contributed by atoms with E-state index in [4.69, 9.17) is 33.2 Å². The summed E-state index contributed by atoms with van der Waals surface area (Å²) < 4.78 is 52.0. The maximum atomic E-state index is 15.3. The summed E-state index contributed by atoms with van der Waals surface area (Å²) in [6.07, 6.45) is 42.3. The lowest BCUT2D eigenvalue weighted by Crippen LogP contribution is -2.71. The number of hydrogen-bond donors (Lipinski definition) is 2. The Morgan fingerprint density at radius 1 is 0.284 bits per heavy atom. The summed E-state index contributed by atoms with van der Waals surface area (Å²) in [5, 5.41) is 7.91. The summed E-state index contributed by atoms with van der Waals surface area (Å²) in [5.74, 6) is 0.00991. The molecule has 0 saturated heterocycles. The van der Waals surface area contributed by atoms with Crippen LogP contribution in [0.5, 0.6) is 0 Å². The minimum absolute atomic E-state index is 0.00991. The van der Waals surface area contributed by atoms with Crippen LogP contribution in [-0.4, -0.2) is 67.3 Å². The number of benzene rings is 7. The second-order valence-corrected chi connectivity index (χ2v) is 31.2. The molecule has 109 heavy (non-hydrogen) atoms. The molecule has 10 heteroatoms. The van der Waals surface area contributed by atoms with Crippen LogP contribution < -0.4 is 10.6 Å². The van der Waals surface area contributed by atoms with E-state index in [2.05, 4.69) is 206 Å². The summed E-state index contributed by atoms with van der Waals surface area (Å²) >= 11 is 0. The smallest absolute Gasteiger partial charge is 0.220 e. The fraction of sp³-hybridized carbons (Fsp3) is 0.566. The molecule has 0 heterocycles. The predicted octanol–water partition coefficient (Wildman–Crippen LogP) is 25.0. The van der Waals surface area contributed by atoms with Gasteiger partial charge in [0.25, 0.3) is 0 Å². The lowest BCUT2D eigenvalue weighted by molar-refractivity contribution is -0.260. The molecule has 0 spiro atoms. The van der Waals surface area contributed by atoms with Crippen molar-refractivity contribution in [3.8, 4) is 0 Å². The first-order valence-corrected chi connectivity index (χ1v) is 43.7. The quantitative estimate of drug-likeness (QED) is 0.0361. The van der Waals surface area contributed by atoms with Gasteiger partial charge in [-0.1, -0.05) is 444 Å². The summed E-state index contributed by atoms with van der Waals surface area (Å²) in [6.45, 7) is 7.08. The van der Waals surface area contributed by atoms with Crippen molar-refractivity contribution < 1.29 is 38.0 Å². The van der Waals surface area contributed by atoms with E-state index in [1.165, 1.54) is 193 Å². The molecule has 9 atom stereocenters. The van der Waals surface area contributed by atoms with Gasteiger partial charge in [-0.05, 0) is 51.8 Å². The number of carbonyl (C=O) groups is 1. The zero-order valence-corrected chi connectivity index (χ0v) is 67.5. The van der Waals surface area contributed by atoms with Crippen LogP contribution in [0.1, 0.15) is 290 Å². The average Bonchev–Trinajstić information content (AvgIpc) is 0.762. The van der Waals surface area contributed by atoms with Gasteiger partial charge in [0.15, 0.2) is 0 Å². The van der Waals surface area contributed by atoms with Crippen molar-refractivity contribution in [3.05, 3.63) is 251 Å². The first-order valence-electron chi connectivity index (χ1n) is 43.7. The summed E-state index contributed by atoms with van der Waals surface area (Å²) in [6, 6.07) is 71.6. The van der Waals surface area contributed by atoms with Crippen LogP contribution in [0.2, 0.25) is 0 Å². The van der Waals surface area contributed by atoms with Crippen LogP contribution >= 0.6 is 0 Å². The highest BCUT2D eigenvalue weighted by molar-refractivity contribution is 5.76. The molecule has 1 aliphatic rings. The van der Waals surface area contributed by atoms with Gasteiger partial charge in [-0.15, -0.1) is 0 Å². The zero-order chi connectivity index (χ0) is 75.7. The summed E-state index contributed by atoms with van der Waals surface area (Å²) in [7, 11) is 0. The molecule has 2 N–H and O–H groups in total. The van der Waals surface area contributed by atoms with Gasteiger partial charge in [-0.3, -0.25) is 4.79 Å². The highest BCUT2D eigenvalue weighted by atomic mass is 16.6. The molecule has 0 aromatic heterocycles. The fourth-order valence-electron chi connectivity index (χ4n) is 15.6. The van der Waals surface area contributed by atoms with Crippen molar-refractivity contribution in [3.63, 3.8) is 0 Å². The third-order valence-corrected chi connectivity index (χ3v) is 22.1. The van der Waals surface area contributed by atoms with Crippen LogP contribution in [0.3, 0.4) is 0 Å². The Bertz CT molecular complexity index is 3140. The Hall–Kier alpha value is -6.31. The van der Waals surface area contributed by atoms with Gasteiger partial charge >= 0.3 is 0 Å². The van der Waals surface area contributed by atoms with E-state index in [0.29, 0.717) is 39.5 Å². The highest BCUT2D eigenvalue weighted by Crippen LogP contribution is 2.36. The number of hydrogen-bond acceptors (Lipinski definition) is 9. The molecule has 2 unspecified atom stereocenters. The number of nitrogens with one attached hydrogen (secondary N) is 2. The van der Waals surface area contributed by atoms with E-state index in [-0.39, 0.29) is 31.8 Å². The molecule has 1 aliphatic carbocycles. The van der Waals surface area contributed by atoms with Crippen molar-refractivity contribution in [1.29, 1.82) is 0 Å². The normalized spacial score (nSPS) is 17.3. The predicted molar refractivity (Wildman–Crippen MR) is 451 cm³/mol. The van der Waals surface area contributed by atoms with Crippen molar-refractivity contribution in [1.82, 2.24) is 10.6 Å². The Morgan fingerprint density at radius 3 is 0.817 bits per heavy atom. The highest BCUT2D eigenvalue weighted by Gasteiger charge is 2.55. The van der Waals surface area contributed by atoms with Gasteiger partial charge in [-0.25, -0.2) is 0 Å². The number of unbranched alkanes of at least 4 members (excludes halogenated alkanes) is 33.